The third kappa shape index (κ3) is 3.09. The zero-order chi connectivity index (χ0) is 13.7. The number of benzene rings is 1. The summed E-state index contributed by atoms with van der Waals surface area (Å²) in [6.07, 6.45) is 1.76. The molecule has 0 unspecified atom stereocenters. The molecule has 1 aromatic carbocycles. The number of pyridine rings is 1. The Morgan fingerprint density at radius 3 is 2.79 bits per heavy atom. The van der Waals surface area contributed by atoms with E-state index in [1.807, 2.05) is 37.1 Å². The van der Waals surface area contributed by atoms with Crippen LogP contribution in [0, 0.1) is 5.82 Å². The van der Waals surface area contributed by atoms with Crippen molar-refractivity contribution in [2.24, 2.45) is 0 Å². The quantitative estimate of drug-likeness (QED) is 0.894. The van der Waals surface area contributed by atoms with Crippen LogP contribution in [-0.4, -0.2) is 18.6 Å². The summed E-state index contributed by atoms with van der Waals surface area (Å²) in [5, 5.41) is 3.13. The summed E-state index contributed by atoms with van der Waals surface area (Å²) < 4.78 is 13.4. The summed E-state index contributed by atoms with van der Waals surface area (Å²) in [6, 6.07) is 10.5. The van der Waals surface area contributed by atoms with Crippen LogP contribution in [0.15, 0.2) is 42.6 Å². The topological polar surface area (TPSA) is 28.2 Å². The van der Waals surface area contributed by atoms with Crippen molar-refractivity contribution in [2.45, 2.75) is 13.5 Å². The average molecular weight is 259 g/mol. The molecule has 0 saturated carbocycles. The summed E-state index contributed by atoms with van der Waals surface area (Å²) in [5.74, 6) is 0.631. The molecule has 100 valence electrons. The lowest BCUT2D eigenvalue weighted by atomic mass is 10.2. The molecule has 0 amide bonds. The molecule has 0 bridgehead atoms. The fourth-order valence-corrected chi connectivity index (χ4v) is 2.10. The molecule has 1 N–H and O–H groups in total. The lowest BCUT2D eigenvalue weighted by Gasteiger charge is -2.24. The van der Waals surface area contributed by atoms with Crippen LogP contribution in [0.3, 0.4) is 0 Å². The van der Waals surface area contributed by atoms with Crippen molar-refractivity contribution >= 4 is 11.5 Å². The molecular formula is C15H18FN3. The monoisotopic (exact) mass is 259 g/mol. The van der Waals surface area contributed by atoms with E-state index in [2.05, 4.69) is 10.3 Å². The number of hydrogen-bond acceptors (Lipinski definition) is 3. The maximum atomic E-state index is 13.4. The van der Waals surface area contributed by atoms with E-state index in [1.165, 1.54) is 12.1 Å². The molecule has 0 radical (unpaired) electrons. The van der Waals surface area contributed by atoms with Gasteiger partial charge in [-0.2, -0.15) is 0 Å². The molecule has 0 aliphatic heterocycles. The van der Waals surface area contributed by atoms with E-state index in [1.54, 1.807) is 12.3 Å². The number of hydrogen-bond donors (Lipinski definition) is 1. The number of nitrogens with zero attached hydrogens (tertiary/aromatic N) is 2. The molecule has 0 fully saturated rings. The summed E-state index contributed by atoms with van der Waals surface area (Å²) in [6.45, 7) is 3.49. The van der Waals surface area contributed by atoms with Crippen molar-refractivity contribution in [3.63, 3.8) is 0 Å². The van der Waals surface area contributed by atoms with Crippen LogP contribution in [0.5, 0.6) is 0 Å². The highest BCUT2D eigenvalue weighted by Gasteiger charge is 2.13. The number of rotatable bonds is 5. The lowest BCUT2D eigenvalue weighted by Crippen LogP contribution is -2.20. The molecule has 0 aliphatic rings. The maximum absolute atomic E-state index is 13.4. The molecule has 0 saturated heterocycles. The van der Waals surface area contributed by atoms with E-state index >= 15 is 0 Å². The Morgan fingerprint density at radius 1 is 1.26 bits per heavy atom. The van der Waals surface area contributed by atoms with Gasteiger partial charge in [-0.15, -0.1) is 0 Å². The van der Waals surface area contributed by atoms with Crippen molar-refractivity contribution in [1.29, 1.82) is 0 Å². The van der Waals surface area contributed by atoms with Gasteiger partial charge in [-0.05, 0) is 38.2 Å². The molecule has 2 rings (SSSR count). The molecule has 0 spiro atoms. The predicted molar refractivity (Wildman–Crippen MR) is 76.1 cm³/mol. The first-order chi connectivity index (χ1) is 9.26. The third-order valence-electron chi connectivity index (χ3n) is 2.93. The van der Waals surface area contributed by atoms with Crippen LogP contribution < -0.4 is 10.2 Å². The zero-order valence-corrected chi connectivity index (χ0v) is 11.2. The predicted octanol–water partition coefficient (Wildman–Crippen LogP) is 3.10. The molecule has 1 heterocycles. The number of aromatic nitrogens is 1. The van der Waals surface area contributed by atoms with Crippen LogP contribution >= 0.6 is 0 Å². The van der Waals surface area contributed by atoms with E-state index in [9.17, 15) is 4.39 Å². The van der Waals surface area contributed by atoms with Crippen molar-refractivity contribution in [3.05, 3.63) is 54.0 Å². The standard InChI is InChI=1S/C15H18FN3/c1-3-19(14-8-4-7-13(16)10-14)15-12(11-17-2)6-5-9-18-15/h4-10,17H,3,11H2,1-2H3. The van der Waals surface area contributed by atoms with E-state index in [4.69, 9.17) is 0 Å². The Kier molecular flexibility index (Phi) is 4.47. The second-order valence-electron chi connectivity index (χ2n) is 4.24. The minimum absolute atomic E-state index is 0.234. The summed E-state index contributed by atoms with van der Waals surface area (Å²) in [7, 11) is 1.90. The normalized spacial score (nSPS) is 10.5. The maximum Gasteiger partial charge on any atom is 0.137 e. The molecule has 2 aromatic rings. The fraction of sp³-hybridized carbons (Fsp3) is 0.267. The van der Waals surface area contributed by atoms with Gasteiger partial charge >= 0.3 is 0 Å². The van der Waals surface area contributed by atoms with E-state index < -0.39 is 0 Å². The minimum atomic E-state index is -0.234. The van der Waals surface area contributed by atoms with E-state index in [0.29, 0.717) is 0 Å². The number of anilines is 2. The third-order valence-corrected chi connectivity index (χ3v) is 2.93. The lowest BCUT2D eigenvalue weighted by molar-refractivity contribution is 0.627. The van der Waals surface area contributed by atoms with Crippen molar-refractivity contribution in [1.82, 2.24) is 10.3 Å². The summed E-state index contributed by atoms with van der Waals surface area (Å²) in [5.41, 5.74) is 1.91. The summed E-state index contributed by atoms with van der Waals surface area (Å²) in [4.78, 5) is 6.45. The molecule has 0 aliphatic carbocycles. The van der Waals surface area contributed by atoms with Crippen LogP contribution in [0.2, 0.25) is 0 Å². The Morgan fingerprint density at radius 2 is 2.11 bits per heavy atom. The molecule has 4 heteroatoms. The van der Waals surface area contributed by atoms with Crippen molar-refractivity contribution in [2.75, 3.05) is 18.5 Å². The van der Waals surface area contributed by atoms with Crippen LogP contribution in [0.1, 0.15) is 12.5 Å². The molecule has 0 atom stereocenters. The minimum Gasteiger partial charge on any atom is -0.326 e. The van der Waals surface area contributed by atoms with Gasteiger partial charge in [0.2, 0.25) is 0 Å². The van der Waals surface area contributed by atoms with Crippen molar-refractivity contribution in [3.8, 4) is 0 Å². The SMILES string of the molecule is CCN(c1cccc(F)c1)c1ncccc1CNC. The van der Waals surface area contributed by atoms with Crippen molar-refractivity contribution < 1.29 is 4.39 Å². The van der Waals surface area contributed by atoms with Crippen LogP contribution in [0.25, 0.3) is 0 Å². The Balaban J connectivity index is 2.42. The van der Waals surface area contributed by atoms with Crippen LogP contribution in [0.4, 0.5) is 15.9 Å². The molecule has 3 nitrogen and oxygen atoms in total. The summed E-state index contributed by atoms with van der Waals surface area (Å²) >= 11 is 0. The van der Waals surface area contributed by atoms with E-state index in [0.717, 1.165) is 30.2 Å². The van der Waals surface area contributed by atoms with Gasteiger partial charge in [0.15, 0.2) is 0 Å². The highest BCUT2D eigenvalue weighted by molar-refractivity contribution is 5.62. The first-order valence-electron chi connectivity index (χ1n) is 6.38. The van der Waals surface area contributed by atoms with Gasteiger partial charge in [0.05, 0.1) is 0 Å². The number of nitrogens with one attached hydrogen (secondary N) is 1. The van der Waals surface area contributed by atoms with Gasteiger partial charge in [0.25, 0.3) is 0 Å². The van der Waals surface area contributed by atoms with Gasteiger partial charge < -0.3 is 10.2 Å². The molecule has 1 aromatic heterocycles. The number of halogens is 1. The first kappa shape index (κ1) is 13.5. The average Bonchev–Trinajstić information content (AvgIpc) is 2.42. The van der Waals surface area contributed by atoms with Gasteiger partial charge in [-0.25, -0.2) is 9.37 Å². The highest BCUT2D eigenvalue weighted by atomic mass is 19.1. The smallest absolute Gasteiger partial charge is 0.137 e. The van der Waals surface area contributed by atoms with Gasteiger partial charge in [0, 0.05) is 30.5 Å². The van der Waals surface area contributed by atoms with Gasteiger partial charge in [0.1, 0.15) is 11.6 Å². The van der Waals surface area contributed by atoms with Gasteiger partial charge in [-0.1, -0.05) is 12.1 Å². The highest BCUT2D eigenvalue weighted by Crippen LogP contribution is 2.26. The van der Waals surface area contributed by atoms with Gasteiger partial charge in [-0.3, -0.25) is 0 Å². The molecular weight excluding hydrogens is 241 g/mol. The van der Waals surface area contributed by atoms with Crippen LogP contribution in [-0.2, 0) is 6.54 Å². The second-order valence-corrected chi connectivity index (χ2v) is 4.24. The van der Waals surface area contributed by atoms with E-state index in [-0.39, 0.29) is 5.82 Å². The second kappa shape index (κ2) is 6.29. The largest absolute Gasteiger partial charge is 0.326 e. The first-order valence-corrected chi connectivity index (χ1v) is 6.38. The Bertz CT molecular complexity index is 542. The molecule has 19 heavy (non-hydrogen) atoms. The Hall–Kier alpha value is -1.94. The fourth-order valence-electron chi connectivity index (χ4n) is 2.10. The Labute approximate surface area is 113 Å². The zero-order valence-electron chi connectivity index (χ0n) is 11.2.